The highest BCUT2D eigenvalue weighted by molar-refractivity contribution is 7.93. The number of benzene rings is 1. The van der Waals surface area contributed by atoms with Gasteiger partial charge in [0.2, 0.25) is 0 Å². The average molecular weight is 510 g/mol. The summed E-state index contributed by atoms with van der Waals surface area (Å²) in [7, 11) is -3.38. The zero-order chi connectivity index (χ0) is 25.5. The number of hydrogen-bond acceptors (Lipinski definition) is 7. The summed E-state index contributed by atoms with van der Waals surface area (Å²) >= 11 is 0. The molecule has 2 aliphatic heterocycles. The van der Waals surface area contributed by atoms with E-state index in [0.717, 1.165) is 5.56 Å². The third-order valence-electron chi connectivity index (χ3n) is 7.40. The van der Waals surface area contributed by atoms with Crippen LogP contribution in [-0.4, -0.2) is 65.9 Å². The average Bonchev–Trinajstić information content (AvgIpc) is 3.46. The van der Waals surface area contributed by atoms with Gasteiger partial charge in [-0.3, -0.25) is 14.4 Å². The highest BCUT2D eigenvalue weighted by atomic mass is 32.2. The maximum absolute atomic E-state index is 13.2. The first kappa shape index (κ1) is 24.2. The lowest BCUT2D eigenvalue weighted by molar-refractivity contribution is 0.0694. The fraction of sp³-hybridized carbons (Fsp3) is 0.440. The standard InChI is InChI=1S/C25H27N5O5S/c26-13-17-1-3-18(4-2-17)14-28-22(31)20-5-6-21-24(33)29(11-12-30(21)23(20)32)16-25(8-9-25)36(34,35)19-7-10-27-15-19/h1-6,19,27H,7-12,14-16H2,(H,28,31). The molecule has 1 aromatic heterocycles. The van der Waals surface area contributed by atoms with E-state index >= 15 is 0 Å². The Kier molecular flexibility index (Phi) is 6.18. The van der Waals surface area contributed by atoms with Crippen molar-refractivity contribution in [3.05, 3.63) is 69.1 Å². The SMILES string of the molecule is N#Cc1ccc(CNC(=O)c2ccc3n(c2=O)CCN(CC2(S(=O)(=O)C4CCNC4)CC2)C3=O)cc1. The minimum atomic E-state index is -3.38. The van der Waals surface area contributed by atoms with Gasteiger partial charge in [0.15, 0.2) is 9.84 Å². The van der Waals surface area contributed by atoms with Crippen molar-refractivity contribution in [2.45, 2.75) is 42.3 Å². The summed E-state index contributed by atoms with van der Waals surface area (Å²) in [5.41, 5.74) is 0.832. The second-order valence-electron chi connectivity index (χ2n) is 9.65. The van der Waals surface area contributed by atoms with Gasteiger partial charge in [0.1, 0.15) is 11.3 Å². The Bertz CT molecular complexity index is 1410. The molecule has 3 aliphatic rings. The molecule has 2 amide bonds. The second kappa shape index (κ2) is 9.19. The Hall–Kier alpha value is -3.49. The van der Waals surface area contributed by atoms with Crippen molar-refractivity contribution in [2.24, 2.45) is 0 Å². The Balaban J connectivity index is 1.29. The lowest BCUT2D eigenvalue weighted by Crippen LogP contribution is -2.51. The van der Waals surface area contributed by atoms with E-state index in [2.05, 4.69) is 10.6 Å². The Labute approximate surface area is 208 Å². The van der Waals surface area contributed by atoms with Crippen molar-refractivity contribution in [1.29, 1.82) is 5.26 Å². The predicted octanol–water partition coefficient (Wildman–Crippen LogP) is 0.415. The van der Waals surface area contributed by atoms with Crippen LogP contribution in [0, 0.1) is 11.3 Å². The molecule has 188 valence electrons. The molecule has 2 N–H and O–H groups in total. The largest absolute Gasteiger partial charge is 0.348 e. The maximum Gasteiger partial charge on any atom is 0.270 e. The number of amides is 2. The molecule has 11 heteroatoms. The van der Waals surface area contributed by atoms with Crippen LogP contribution in [0.4, 0.5) is 0 Å². The zero-order valence-corrected chi connectivity index (χ0v) is 20.5. The molecular formula is C25H27N5O5S. The van der Waals surface area contributed by atoms with Gasteiger partial charge in [-0.15, -0.1) is 0 Å². The summed E-state index contributed by atoms with van der Waals surface area (Å²) in [5, 5.41) is 14.3. The minimum absolute atomic E-state index is 0.0661. The molecule has 3 heterocycles. The number of aromatic nitrogens is 1. The number of hydrogen-bond donors (Lipinski definition) is 2. The number of nitrogens with zero attached hydrogens (tertiary/aromatic N) is 3. The number of rotatable bonds is 7. The van der Waals surface area contributed by atoms with E-state index in [1.807, 2.05) is 6.07 Å². The van der Waals surface area contributed by atoms with E-state index in [1.165, 1.54) is 21.6 Å². The van der Waals surface area contributed by atoms with Crippen LogP contribution in [0.15, 0.2) is 41.2 Å². The van der Waals surface area contributed by atoms with Gasteiger partial charge < -0.3 is 20.1 Å². The Morgan fingerprint density at radius 2 is 1.89 bits per heavy atom. The molecule has 2 aromatic rings. The molecule has 0 bridgehead atoms. The number of carbonyl (C=O) groups excluding carboxylic acids is 2. The molecule has 1 unspecified atom stereocenters. The summed E-state index contributed by atoms with van der Waals surface area (Å²) in [6.45, 7) is 1.85. The number of fused-ring (bicyclic) bond motifs is 1. The fourth-order valence-corrected chi connectivity index (χ4v) is 7.52. The third kappa shape index (κ3) is 4.20. The summed E-state index contributed by atoms with van der Waals surface area (Å²) in [5.74, 6) is -0.948. The van der Waals surface area contributed by atoms with Gasteiger partial charge in [0.05, 0.1) is 21.6 Å². The predicted molar refractivity (Wildman–Crippen MR) is 131 cm³/mol. The molecule has 2 fully saturated rings. The van der Waals surface area contributed by atoms with Crippen molar-refractivity contribution in [1.82, 2.24) is 20.1 Å². The van der Waals surface area contributed by atoms with Crippen molar-refractivity contribution < 1.29 is 18.0 Å². The van der Waals surface area contributed by atoms with Crippen molar-refractivity contribution >= 4 is 21.7 Å². The molecule has 1 saturated heterocycles. The summed E-state index contributed by atoms with van der Waals surface area (Å²) < 4.78 is 26.8. The number of nitriles is 1. The van der Waals surface area contributed by atoms with Crippen LogP contribution in [0.1, 0.15) is 51.2 Å². The van der Waals surface area contributed by atoms with Gasteiger partial charge in [-0.2, -0.15) is 5.26 Å². The third-order valence-corrected chi connectivity index (χ3v) is 10.4. The maximum atomic E-state index is 13.2. The van der Waals surface area contributed by atoms with Crippen LogP contribution in [0.25, 0.3) is 0 Å². The van der Waals surface area contributed by atoms with Gasteiger partial charge in [-0.25, -0.2) is 8.42 Å². The number of carbonyl (C=O) groups is 2. The van der Waals surface area contributed by atoms with Crippen LogP contribution >= 0.6 is 0 Å². The molecule has 1 aromatic carbocycles. The van der Waals surface area contributed by atoms with Crippen molar-refractivity contribution in [3.63, 3.8) is 0 Å². The molecule has 5 rings (SSSR count). The molecule has 1 atom stereocenters. The van der Waals surface area contributed by atoms with E-state index in [9.17, 15) is 22.8 Å². The molecular weight excluding hydrogens is 482 g/mol. The smallest absolute Gasteiger partial charge is 0.270 e. The first-order chi connectivity index (χ1) is 17.3. The van der Waals surface area contributed by atoms with Crippen LogP contribution in [0.5, 0.6) is 0 Å². The zero-order valence-electron chi connectivity index (χ0n) is 19.7. The van der Waals surface area contributed by atoms with E-state index < -0.39 is 37.2 Å². The monoisotopic (exact) mass is 509 g/mol. The summed E-state index contributed by atoms with van der Waals surface area (Å²) in [4.78, 5) is 40.4. The molecule has 0 radical (unpaired) electrons. The highest BCUT2D eigenvalue weighted by Crippen LogP contribution is 2.47. The highest BCUT2D eigenvalue weighted by Gasteiger charge is 2.58. The summed E-state index contributed by atoms with van der Waals surface area (Å²) in [6, 6.07) is 11.6. The van der Waals surface area contributed by atoms with Crippen molar-refractivity contribution in [3.8, 4) is 6.07 Å². The van der Waals surface area contributed by atoms with Gasteiger partial charge in [0.25, 0.3) is 17.4 Å². The van der Waals surface area contributed by atoms with Crippen molar-refractivity contribution in [2.75, 3.05) is 26.2 Å². The van der Waals surface area contributed by atoms with E-state index in [-0.39, 0.29) is 37.4 Å². The molecule has 1 aliphatic carbocycles. The van der Waals surface area contributed by atoms with Crippen LogP contribution in [0.3, 0.4) is 0 Å². The fourth-order valence-electron chi connectivity index (χ4n) is 5.04. The topological polar surface area (TPSA) is 141 Å². The van der Waals surface area contributed by atoms with Crippen LogP contribution < -0.4 is 16.2 Å². The van der Waals surface area contributed by atoms with E-state index in [0.29, 0.717) is 37.9 Å². The van der Waals surface area contributed by atoms with E-state index in [1.54, 1.807) is 24.3 Å². The number of pyridine rings is 1. The van der Waals surface area contributed by atoms with Gasteiger partial charge >= 0.3 is 0 Å². The summed E-state index contributed by atoms with van der Waals surface area (Å²) in [6.07, 6.45) is 1.67. The van der Waals surface area contributed by atoms with E-state index in [4.69, 9.17) is 5.26 Å². The number of nitrogens with one attached hydrogen (secondary N) is 2. The molecule has 36 heavy (non-hydrogen) atoms. The molecule has 0 spiro atoms. The Morgan fingerprint density at radius 1 is 1.14 bits per heavy atom. The minimum Gasteiger partial charge on any atom is -0.348 e. The second-order valence-corrected chi connectivity index (χ2v) is 12.3. The van der Waals surface area contributed by atoms with Gasteiger partial charge in [0, 0.05) is 32.7 Å². The van der Waals surface area contributed by atoms with Gasteiger partial charge in [-0.05, 0) is 55.6 Å². The first-order valence-electron chi connectivity index (χ1n) is 12.0. The number of sulfone groups is 1. The van der Waals surface area contributed by atoms with Crippen LogP contribution in [-0.2, 0) is 22.9 Å². The first-order valence-corrected chi connectivity index (χ1v) is 13.5. The van der Waals surface area contributed by atoms with Gasteiger partial charge in [-0.1, -0.05) is 12.1 Å². The normalized spacial score (nSPS) is 20.5. The van der Waals surface area contributed by atoms with Crippen LogP contribution in [0.2, 0.25) is 0 Å². The Morgan fingerprint density at radius 3 is 2.53 bits per heavy atom. The lowest BCUT2D eigenvalue weighted by Gasteiger charge is -2.33. The molecule has 10 nitrogen and oxygen atoms in total. The lowest BCUT2D eigenvalue weighted by atomic mass is 10.1. The quantitative estimate of drug-likeness (QED) is 0.551. The molecule has 1 saturated carbocycles.